The summed E-state index contributed by atoms with van der Waals surface area (Å²) in [6.45, 7) is 0.0592. The highest BCUT2D eigenvalue weighted by molar-refractivity contribution is 5.95. The van der Waals surface area contributed by atoms with Crippen molar-refractivity contribution >= 4 is 5.78 Å². The van der Waals surface area contributed by atoms with E-state index in [0.29, 0.717) is 12.0 Å². The van der Waals surface area contributed by atoms with Crippen LogP contribution >= 0.6 is 0 Å². The SMILES string of the molecule is N#CC(CCC(=O)c1ccc(F)cc1)CN=[N+]=[N-]. The molecule has 0 N–H and O–H groups in total. The molecule has 0 saturated carbocycles. The van der Waals surface area contributed by atoms with E-state index >= 15 is 0 Å². The Kier molecular flexibility index (Phi) is 5.36. The van der Waals surface area contributed by atoms with Crippen LogP contribution in [0.15, 0.2) is 29.4 Å². The first-order valence-electron chi connectivity index (χ1n) is 5.36. The first kappa shape index (κ1) is 13.7. The van der Waals surface area contributed by atoms with E-state index in [0.717, 1.165) is 0 Å². The molecule has 1 atom stereocenters. The minimum Gasteiger partial charge on any atom is -0.294 e. The number of nitrogens with zero attached hydrogens (tertiary/aromatic N) is 4. The van der Waals surface area contributed by atoms with Gasteiger partial charge in [0, 0.05) is 23.4 Å². The van der Waals surface area contributed by atoms with Crippen molar-refractivity contribution in [3.63, 3.8) is 0 Å². The molecular weight excluding hydrogens is 235 g/mol. The third-order valence-corrected chi connectivity index (χ3v) is 2.43. The van der Waals surface area contributed by atoms with E-state index in [9.17, 15) is 9.18 Å². The highest BCUT2D eigenvalue weighted by Crippen LogP contribution is 2.12. The maximum absolute atomic E-state index is 12.7. The van der Waals surface area contributed by atoms with Gasteiger partial charge in [0.25, 0.3) is 0 Å². The Morgan fingerprint density at radius 1 is 1.50 bits per heavy atom. The summed E-state index contributed by atoms with van der Waals surface area (Å²) in [6.07, 6.45) is 0.497. The van der Waals surface area contributed by atoms with E-state index in [1.807, 2.05) is 6.07 Å². The molecule has 0 aliphatic heterocycles. The Morgan fingerprint density at radius 3 is 2.72 bits per heavy atom. The summed E-state index contributed by atoms with van der Waals surface area (Å²) < 4.78 is 12.7. The fourth-order valence-electron chi connectivity index (χ4n) is 1.42. The number of nitriles is 1. The smallest absolute Gasteiger partial charge is 0.162 e. The van der Waals surface area contributed by atoms with Gasteiger partial charge >= 0.3 is 0 Å². The van der Waals surface area contributed by atoms with E-state index in [1.165, 1.54) is 24.3 Å². The quantitative estimate of drug-likeness (QED) is 0.333. The molecule has 92 valence electrons. The van der Waals surface area contributed by atoms with Gasteiger partial charge in [-0.3, -0.25) is 4.79 Å². The number of carbonyl (C=O) groups is 1. The molecule has 1 unspecified atom stereocenters. The molecule has 0 aliphatic carbocycles. The number of hydrogen-bond donors (Lipinski definition) is 0. The molecule has 0 spiro atoms. The van der Waals surface area contributed by atoms with Crippen LogP contribution in [0.2, 0.25) is 0 Å². The van der Waals surface area contributed by atoms with Crippen molar-refractivity contribution in [2.24, 2.45) is 11.0 Å². The molecule has 1 aromatic rings. The molecule has 0 aromatic heterocycles. The highest BCUT2D eigenvalue weighted by atomic mass is 19.1. The number of benzene rings is 1. The van der Waals surface area contributed by atoms with Gasteiger partial charge in [0.05, 0.1) is 12.0 Å². The minimum atomic E-state index is -0.467. The van der Waals surface area contributed by atoms with Crippen molar-refractivity contribution in [2.75, 3.05) is 6.54 Å². The Labute approximate surface area is 103 Å². The second kappa shape index (κ2) is 7.05. The molecule has 0 amide bonds. The average Bonchev–Trinajstić information content (AvgIpc) is 2.39. The van der Waals surface area contributed by atoms with Gasteiger partial charge in [-0.1, -0.05) is 5.11 Å². The molecule has 1 aromatic carbocycles. The molecular formula is C12H11FN4O. The molecule has 0 radical (unpaired) electrons. The second-order valence-corrected chi connectivity index (χ2v) is 3.71. The number of halogens is 1. The summed E-state index contributed by atoms with van der Waals surface area (Å²) in [5, 5.41) is 12.1. The maximum atomic E-state index is 12.7. The van der Waals surface area contributed by atoms with Gasteiger partial charge < -0.3 is 0 Å². The van der Waals surface area contributed by atoms with Gasteiger partial charge in [-0.25, -0.2) is 4.39 Å². The zero-order valence-corrected chi connectivity index (χ0v) is 9.58. The third-order valence-electron chi connectivity index (χ3n) is 2.43. The molecule has 0 bridgehead atoms. The molecule has 0 heterocycles. The van der Waals surface area contributed by atoms with Gasteiger partial charge in [-0.15, -0.1) is 0 Å². The van der Waals surface area contributed by atoms with Crippen LogP contribution in [-0.4, -0.2) is 12.3 Å². The normalized spacial score (nSPS) is 11.1. The van der Waals surface area contributed by atoms with E-state index in [-0.39, 0.29) is 18.7 Å². The Morgan fingerprint density at radius 2 is 2.17 bits per heavy atom. The average molecular weight is 246 g/mol. The molecule has 18 heavy (non-hydrogen) atoms. The Hall–Kier alpha value is -2.38. The van der Waals surface area contributed by atoms with Gasteiger partial charge in [0.15, 0.2) is 5.78 Å². The number of hydrogen-bond acceptors (Lipinski definition) is 3. The highest BCUT2D eigenvalue weighted by Gasteiger charge is 2.11. The monoisotopic (exact) mass is 246 g/mol. The largest absolute Gasteiger partial charge is 0.294 e. The zero-order chi connectivity index (χ0) is 13.4. The van der Waals surface area contributed by atoms with Gasteiger partial charge in [0.2, 0.25) is 0 Å². The lowest BCUT2D eigenvalue weighted by atomic mass is 10.00. The van der Waals surface area contributed by atoms with Crippen molar-refractivity contribution in [2.45, 2.75) is 12.8 Å². The lowest BCUT2D eigenvalue weighted by molar-refractivity contribution is 0.0976. The van der Waals surface area contributed by atoms with Crippen LogP contribution in [0.1, 0.15) is 23.2 Å². The van der Waals surface area contributed by atoms with Crippen molar-refractivity contribution in [3.8, 4) is 6.07 Å². The zero-order valence-electron chi connectivity index (χ0n) is 9.58. The standard InChI is InChI=1S/C12H11FN4O/c13-11-4-2-10(3-5-11)12(18)6-1-9(7-14)8-16-17-15/h2-5,9H,1,6,8H2. The Balaban J connectivity index is 2.52. The van der Waals surface area contributed by atoms with Crippen molar-refractivity contribution in [1.82, 2.24) is 0 Å². The van der Waals surface area contributed by atoms with Gasteiger partial charge in [-0.05, 0) is 36.2 Å². The van der Waals surface area contributed by atoms with Crippen LogP contribution in [0.3, 0.4) is 0 Å². The van der Waals surface area contributed by atoms with E-state index in [1.54, 1.807) is 0 Å². The summed E-state index contributed by atoms with van der Waals surface area (Å²) in [5.74, 6) is -1.02. The van der Waals surface area contributed by atoms with Crippen LogP contribution in [0.4, 0.5) is 4.39 Å². The molecule has 0 saturated heterocycles. The number of ketones is 1. The van der Waals surface area contributed by atoms with Gasteiger partial charge in [0.1, 0.15) is 5.82 Å². The van der Waals surface area contributed by atoms with E-state index in [4.69, 9.17) is 10.8 Å². The number of carbonyl (C=O) groups excluding carboxylic acids is 1. The summed E-state index contributed by atoms with van der Waals surface area (Å²) in [7, 11) is 0. The van der Waals surface area contributed by atoms with Crippen molar-refractivity contribution in [3.05, 3.63) is 46.1 Å². The van der Waals surface area contributed by atoms with Gasteiger partial charge in [-0.2, -0.15) is 5.26 Å². The van der Waals surface area contributed by atoms with E-state index in [2.05, 4.69) is 10.0 Å². The number of azide groups is 1. The maximum Gasteiger partial charge on any atom is 0.162 e. The first-order chi connectivity index (χ1) is 8.67. The van der Waals surface area contributed by atoms with Crippen molar-refractivity contribution in [1.29, 1.82) is 5.26 Å². The summed E-state index contributed by atoms with van der Waals surface area (Å²) in [4.78, 5) is 14.3. The summed E-state index contributed by atoms with van der Waals surface area (Å²) in [5.41, 5.74) is 8.55. The van der Waals surface area contributed by atoms with Crippen LogP contribution in [0.25, 0.3) is 10.4 Å². The molecule has 0 aliphatic rings. The van der Waals surface area contributed by atoms with Crippen LogP contribution < -0.4 is 0 Å². The lowest BCUT2D eigenvalue weighted by Crippen LogP contribution is -2.06. The molecule has 6 heteroatoms. The molecule has 5 nitrogen and oxygen atoms in total. The van der Waals surface area contributed by atoms with E-state index < -0.39 is 11.7 Å². The van der Waals surface area contributed by atoms with Crippen LogP contribution in [0.5, 0.6) is 0 Å². The number of rotatable bonds is 6. The number of Topliss-reactive ketones (excluding diaryl/α,β-unsaturated/α-hetero) is 1. The second-order valence-electron chi connectivity index (χ2n) is 3.71. The predicted molar refractivity (Wildman–Crippen MR) is 63.1 cm³/mol. The third kappa shape index (κ3) is 4.24. The first-order valence-corrected chi connectivity index (χ1v) is 5.36. The lowest BCUT2D eigenvalue weighted by Gasteiger charge is -2.04. The fraction of sp³-hybridized carbons (Fsp3) is 0.333. The predicted octanol–water partition coefficient (Wildman–Crippen LogP) is 3.24. The van der Waals surface area contributed by atoms with Crippen LogP contribution in [-0.2, 0) is 0 Å². The minimum absolute atomic E-state index is 0.0592. The fourth-order valence-corrected chi connectivity index (χ4v) is 1.42. The van der Waals surface area contributed by atoms with Crippen molar-refractivity contribution < 1.29 is 9.18 Å². The topological polar surface area (TPSA) is 89.6 Å². The van der Waals surface area contributed by atoms with Crippen LogP contribution in [0, 0.1) is 23.1 Å². The molecule has 0 fully saturated rings. The molecule has 1 rings (SSSR count). The Bertz CT molecular complexity index is 500. The summed E-state index contributed by atoms with van der Waals surface area (Å²) in [6, 6.07) is 7.23. The summed E-state index contributed by atoms with van der Waals surface area (Å²) >= 11 is 0.